The van der Waals surface area contributed by atoms with Crippen LogP contribution in [0.5, 0.6) is 0 Å². The minimum atomic E-state index is 0. The van der Waals surface area contributed by atoms with Crippen LogP contribution in [0, 0.1) is 0 Å². The maximum absolute atomic E-state index is 6.01. The van der Waals surface area contributed by atoms with Crippen molar-refractivity contribution in [2.24, 2.45) is 5.73 Å². The van der Waals surface area contributed by atoms with Gasteiger partial charge >= 0.3 is 0 Å². The molecule has 1 fully saturated rings. The lowest BCUT2D eigenvalue weighted by Gasteiger charge is -2.29. The fourth-order valence-electron chi connectivity index (χ4n) is 1.94. The number of nitrogens with two attached hydrogens (primary N) is 1. The van der Waals surface area contributed by atoms with Crippen molar-refractivity contribution in [3.8, 4) is 0 Å². The summed E-state index contributed by atoms with van der Waals surface area (Å²) in [5.41, 5.74) is 6.01. The molecule has 4 N–H and O–H groups in total. The minimum Gasteiger partial charge on any atom is -0.326 e. The summed E-state index contributed by atoms with van der Waals surface area (Å²) in [6.07, 6.45) is 5.10. The molecule has 0 saturated heterocycles. The maximum Gasteiger partial charge on any atom is 0.0219 e. The SMILES string of the molecule is CC.CC.CCNCCN[C@@H]1CCCCC1N.[HH]. The maximum atomic E-state index is 6.01. The Morgan fingerprint density at radius 2 is 1.65 bits per heavy atom. The molecule has 0 aromatic carbocycles. The molecule has 0 radical (unpaired) electrons. The van der Waals surface area contributed by atoms with E-state index in [9.17, 15) is 0 Å². The average molecular weight is 247 g/mol. The van der Waals surface area contributed by atoms with Gasteiger partial charge in [-0.3, -0.25) is 0 Å². The van der Waals surface area contributed by atoms with Gasteiger partial charge in [0.1, 0.15) is 0 Å². The van der Waals surface area contributed by atoms with Gasteiger partial charge in [-0.2, -0.15) is 0 Å². The highest BCUT2D eigenvalue weighted by atomic mass is 15.0. The van der Waals surface area contributed by atoms with Crippen LogP contribution in [0.3, 0.4) is 0 Å². The number of rotatable bonds is 5. The van der Waals surface area contributed by atoms with Crippen molar-refractivity contribution in [3.63, 3.8) is 0 Å². The van der Waals surface area contributed by atoms with Crippen LogP contribution in [0.2, 0.25) is 0 Å². The molecule has 0 aliphatic heterocycles. The van der Waals surface area contributed by atoms with Gasteiger partial charge in [0.15, 0.2) is 0 Å². The number of likely N-dealkylation sites (N-methyl/N-ethyl adjacent to an activating group) is 1. The van der Waals surface area contributed by atoms with E-state index in [1.807, 2.05) is 27.7 Å². The molecule has 0 amide bonds. The van der Waals surface area contributed by atoms with E-state index in [0.717, 1.165) is 19.6 Å². The van der Waals surface area contributed by atoms with Gasteiger partial charge in [-0.15, -0.1) is 0 Å². The zero-order valence-electron chi connectivity index (χ0n) is 12.7. The zero-order valence-corrected chi connectivity index (χ0v) is 12.7. The second kappa shape index (κ2) is 15.9. The standard InChI is InChI=1S/C10H23N3.2C2H6.H2/c1-2-12-7-8-13-10-6-4-3-5-9(10)11;2*1-2;/h9-10,12-13H,2-8,11H2,1H3;2*1-2H3;1H/t9?,10-;;;/m1.../s1. The molecule has 1 rings (SSSR count). The molecule has 1 aliphatic carbocycles. The normalized spacial score (nSPS) is 22.9. The van der Waals surface area contributed by atoms with E-state index in [2.05, 4.69) is 17.6 Å². The first-order valence-electron chi connectivity index (χ1n) is 7.54. The second-order valence-corrected chi connectivity index (χ2v) is 3.86. The van der Waals surface area contributed by atoms with Gasteiger partial charge in [0.2, 0.25) is 0 Å². The summed E-state index contributed by atoms with van der Waals surface area (Å²) in [7, 11) is 0. The van der Waals surface area contributed by atoms with Crippen LogP contribution in [0.15, 0.2) is 0 Å². The lowest BCUT2D eigenvalue weighted by molar-refractivity contribution is 0.328. The first-order chi connectivity index (χ1) is 8.34. The van der Waals surface area contributed by atoms with Crippen molar-refractivity contribution in [1.29, 1.82) is 0 Å². The van der Waals surface area contributed by atoms with Gasteiger partial charge in [0.05, 0.1) is 0 Å². The van der Waals surface area contributed by atoms with Gasteiger partial charge in [-0.25, -0.2) is 0 Å². The van der Waals surface area contributed by atoms with E-state index >= 15 is 0 Å². The van der Waals surface area contributed by atoms with Crippen LogP contribution < -0.4 is 16.4 Å². The molecule has 1 aliphatic rings. The molecule has 108 valence electrons. The van der Waals surface area contributed by atoms with Crippen LogP contribution in [0.25, 0.3) is 0 Å². The van der Waals surface area contributed by atoms with Crippen molar-refractivity contribution in [2.75, 3.05) is 19.6 Å². The fourth-order valence-corrected chi connectivity index (χ4v) is 1.94. The lowest BCUT2D eigenvalue weighted by atomic mass is 9.91. The third kappa shape index (κ3) is 10.7. The molecule has 0 heterocycles. The van der Waals surface area contributed by atoms with Crippen molar-refractivity contribution in [3.05, 3.63) is 0 Å². The molecule has 1 saturated carbocycles. The van der Waals surface area contributed by atoms with Crippen molar-refractivity contribution in [1.82, 2.24) is 10.6 Å². The Bertz CT molecular complexity index is 134. The number of hydrogen-bond acceptors (Lipinski definition) is 3. The van der Waals surface area contributed by atoms with Crippen LogP contribution in [0.4, 0.5) is 0 Å². The van der Waals surface area contributed by atoms with Crippen molar-refractivity contribution >= 4 is 0 Å². The van der Waals surface area contributed by atoms with Crippen molar-refractivity contribution < 1.29 is 1.43 Å². The van der Waals surface area contributed by atoms with E-state index < -0.39 is 0 Å². The summed E-state index contributed by atoms with van der Waals surface area (Å²) in [4.78, 5) is 0. The molecule has 1 unspecified atom stereocenters. The Morgan fingerprint density at radius 1 is 1.06 bits per heavy atom. The number of hydrogen-bond donors (Lipinski definition) is 3. The largest absolute Gasteiger partial charge is 0.326 e. The molecule has 0 spiro atoms. The van der Waals surface area contributed by atoms with Gasteiger partial charge < -0.3 is 16.4 Å². The van der Waals surface area contributed by atoms with E-state index in [-0.39, 0.29) is 1.43 Å². The van der Waals surface area contributed by atoms with E-state index in [0.29, 0.717) is 12.1 Å². The molecular formula is C14H37N3. The fraction of sp³-hybridized carbons (Fsp3) is 1.00. The van der Waals surface area contributed by atoms with Crippen LogP contribution in [-0.2, 0) is 0 Å². The highest BCUT2D eigenvalue weighted by Crippen LogP contribution is 2.16. The molecular weight excluding hydrogens is 210 g/mol. The summed E-state index contributed by atoms with van der Waals surface area (Å²) >= 11 is 0. The Balaban J connectivity index is -0.000000409. The molecule has 3 heteroatoms. The summed E-state index contributed by atoms with van der Waals surface area (Å²) in [6, 6.07) is 0.947. The van der Waals surface area contributed by atoms with E-state index in [4.69, 9.17) is 5.73 Å². The first kappa shape index (κ1) is 19.2. The Kier molecular flexibility index (Phi) is 18.0. The topological polar surface area (TPSA) is 50.1 Å². The lowest BCUT2D eigenvalue weighted by Crippen LogP contribution is -2.48. The van der Waals surface area contributed by atoms with Crippen LogP contribution >= 0.6 is 0 Å². The predicted octanol–water partition coefficient (Wildman–Crippen LogP) is 2.75. The second-order valence-electron chi connectivity index (χ2n) is 3.86. The van der Waals surface area contributed by atoms with Gasteiger partial charge in [0.25, 0.3) is 0 Å². The van der Waals surface area contributed by atoms with Crippen LogP contribution in [0.1, 0.15) is 61.7 Å². The minimum absolute atomic E-state index is 0. The summed E-state index contributed by atoms with van der Waals surface area (Å²) in [5, 5.41) is 6.82. The summed E-state index contributed by atoms with van der Waals surface area (Å²) < 4.78 is 0. The third-order valence-corrected chi connectivity index (χ3v) is 2.78. The molecule has 3 nitrogen and oxygen atoms in total. The van der Waals surface area contributed by atoms with E-state index in [1.54, 1.807) is 0 Å². The molecule has 2 atom stereocenters. The zero-order chi connectivity index (χ0) is 13.5. The first-order valence-corrected chi connectivity index (χ1v) is 7.54. The quantitative estimate of drug-likeness (QED) is 0.655. The highest BCUT2D eigenvalue weighted by Gasteiger charge is 2.20. The molecule has 17 heavy (non-hydrogen) atoms. The van der Waals surface area contributed by atoms with Gasteiger partial charge in [-0.05, 0) is 19.4 Å². The van der Waals surface area contributed by atoms with Gasteiger partial charge in [0, 0.05) is 26.6 Å². The molecule has 0 aromatic heterocycles. The average Bonchev–Trinajstić information content (AvgIpc) is 2.41. The Labute approximate surface area is 110 Å². The number of nitrogens with one attached hydrogen (secondary N) is 2. The van der Waals surface area contributed by atoms with E-state index in [1.165, 1.54) is 25.7 Å². The van der Waals surface area contributed by atoms with Crippen molar-refractivity contribution in [2.45, 2.75) is 72.4 Å². The summed E-state index contributed by atoms with van der Waals surface area (Å²) in [5.74, 6) is 0. The monoisotopic (exact) mass is 247 g/mol. The summed E-state index contributed by atoms with van der Waals surface area (Å²) in [6.45, 7) is 13.3. The predicted molar refractivity (Wildman–Crippen MR) is 81.6 cm³/mol. The van der Waals surface area contributed by atoms with Crippen LogP contribution in [-0.4, -0.2) is 31.7 Å². The smallest absolute Gasteiger partial charge is 0.0219 e. The Morgan fingerprint density at radius 3 is 2.18 bits per heavy atom. The molecule has 0 aromatic rings. The highest BCUT2D eigenvalue weighted by molar-refractivity contribution is 4.83. The third-order valence-electron chi connectivity index (χ3n) is 2.78. The molecule has 0 bridgehead atoms. The Hall–Kier alpha value is -0.120. The van der Waals surface area contributed by atoms with Gasteiger partial charge in [-0.1, -0.05) is 47.5 Å².